The van der Waals surface area contributed by atoms with Crippen molar-refractivity contribution in [2.45, 2.75) is 43.4 Å². The van der Waals surface area contributed by atoms with Crippen LogP contribution in [0.3, 0.4) is 0 Å². The predicted octanol–water partition coefficient (Wildman–Crippen LogP) is 3.89. The summed E-state index contributed by atoms with van der Waals surface area (Å²) in [6, 6.07) is 0. The van der Waals surface area contributed by atoms with Crippen LogP contribution in [-0.2, 0) is 4.79 Å². The molecule has 0 aliphatic heterocycles. The van der Waals surface area contributed by atoms with Crippen LogP contribution in [0.25, 0.3) is 0 Å². The van der Waals surface area contributed by atoms with Crippen LogP contribution in [0.15, 0.2) is 0 Å². The quantitative estimate of drug-likeness (QED) is 0.539. The summed E-state index contributed by atoms with van der Waals surface area (Å²) in [5.74, 6) is -2.02. The van der Waals surface area contributed by atoms with Crippen molar-refractivity contribution in [3.05, 3.63) is 0 Å². The Hall–Kier alpha value is -0.470. The largest absolute Gasteiger partial charge is 0.421 e. The predicted molar refractivity (Wildman–Crippen MR) is 60.9 cm³/mol. The van der Waals surface area contributed by atoms with E-state index in [1.54, 1.807) is 29.8 Å². The average Bonchev–Trinajstić information content (AvgIpc) is 2.23. The summed E-state index contributed by atoms with van der Waals surface area (Å²) in [4.78, 5) is 12.3. The van der Waals surface area contributed by atoms with Gasteiger partial charge in [0.25, 0.3) is 10.2 Å². The molecule has 0 saturated heterocycles. The number of carbonyl (C=O) groups is 1. The molecule has 0 heterocycles. The summed E-state index contributed by atoms with van der Waals surface area (Å²) in [7, 11) is 0. The minimum absolute atomic E-state index is 0.161. The average molecular weight is 358 g/mol. The lowest BCUT2D eigenvalue weighted by molar-refractivity contribution is -0.258. The van der Waals surface area contributed by atoms with Gasteiger partial charge in [0.15, 0.2) is 0 Å². The summed E-state index contributed by atoms with van der Waals surface area (Å²) in [6.45, 7) is 2.80. The van der Waals surface area contributed by atoms with Gasteiger partial charge in [-0.2, -0.15) is 26.3 Å². The molecule has 114 valence electrons. The van der Waals surface area contributed by atoms with Crippen LogP contribution in [0.5, 0.6) is 0 Å². The van der Waals surface area contributed by atoms with Crippen molar-refractivity contribution in [3.63, 3.8) is 0 Å². The number of halogens is 7. The maximum Gasteiger partial charge on any atom is 0.421 e. The Morgan fingerprint density at radius 1 is 0.947 bits per heavy atom. The normalized spacial score (nSPS) is 13.5. The van der Waals surface area contributed by atoms with Crippen LogP contribution in [0.2, 0.25) is 0 Å². The fourth-order valence-electron chi connectivity index (χ4n) is 1.48. The Kier molecular flexibility index (Phi) is 6.16. The number of hydrogen-bond acceptors (Lipinski definition) is 1. The highest BCUT2D eigenvalue weighted by Gasteiger charge is 2.75. The van der Waals surface area contributed by atoms with Gasteiger partial charge in [-0.05, 0) is 12.8 Å². The molecule has 0 bridgehead atoms. The Balaban J connectivity index is 5.57. The molecule has 0 spiro atoms. The molecule has 0 radical (unpaired) electrons. The molecule has 0 aromatic rings. The van der Waals surface area contributed by atoms with Crippen molar-refractivity contribution in [1.29, 1.82) is 0 Å². The third-order valence-corrected chi connectivity index (χ3v) is 3.59. The second kappa shape index (κ2) is 6.32. The third kappa shape index (κ3) is 3.76. The van der Waals surface area contributed by atoms with Crippen LogP contribution in [-0.4, -0.2) is 40.6 Å². The van der Waals surface area contributed by atoms with E-state index in [0.29, 0.717) is 4.90 Å². The van der Waals surface area contributed by atoms with Crippen LogP contribution in [0.1, 0.15) is 26.7 Å². The monoisotopic (exact) mass is 357 g/mol. The lowest BCUT2D eigenvalue weighted by atomic mass is 10.1. The highest BCUT2D eigenvalue weighted by atomic mass is 79.9. The fourth-order valence-corrected chi connectivity index (χ4v) is 1.73. The van der Waals surface area contributed by atoms with Crippen molar-refractivity contribution < 1.29 is 31.1 Å². The lowest BCUT2D eigenvalue weighted by Gasteiger charge is -2.35. The van der Waals surface area contributed by atoms with E-state index < -0.39 is 22.6 Å². The van der Waals surface area contributed by atoms with Gasteiger partial charge < -0.3 is 4.90 Å². The summed E-state index contributed by atoms with van der Waals surface area (Å²) < 4.78 is 71.5. The Morgan fingerprint density at radius 3 is 1.47 bits per heavy atom. The number of hydrogen-bond donors (Lipinski definition) is 0. The number of nitrogens with zero attached hydrogens (tertiary/aromatic N) is 1. The molecule has 19 heavy (non-hydrogen) atoms. The van der Waals surface area contributed by atoms with E-state index in [-0.39, 0.29) is 25.9 Å². The number of alkyl halides is 7. The first-order valence-electron chi connectivity index (χ1n) is 5.55. The zero-order valence-electron chi connectivity index (χ0n) is 10.3. The van der Waals surface area contributed by atoms with Gasteiger partial charge in [0.05, 0.1) is 0 Å². The third-order valence-electron chi connectivity index (χ3n) is 2.35. The number of amides is 1. The molecule has 0 unspecified atom stereocenters. The highest BCUT2D eigenvalue weighted by Crippen LogP contribution is 2.50. The van der Waals surface area contributed by atoms with Crippen molar-refractivity contribution in [1.82, 2.24) is 4.90 Å². The molecule has 0 aliphatic rings. The van der Waals surface area contributed by atoms with E-state index in [2.05, 4.69) is 0 Å². The lowest BCUT2D eigenvalue weighted by Crippen LogP contribution is -2.62. The van der Waals surface area contributed by atoms with Gasteiger partial charge >= 0.3 is 12.4 Å². The SMILES string of the molecule is CCCN(CCC)C(=O)C(Br)(C(F)(F)F)C(F)(F)F. The van der Waals surface area contributed by atoms with Gasteiger partial charge in [-0.15, -0.1) is 0 Å². The molecular formula is C10H14BrF6NO. The number of rotatable bonds is 5. The first-order valence-corrected chi connectivity index (χ1v) is 6.34. The first kappa shape index (κ1) is 18.5. The van der Waals surface area contributed by atoms with Gasteiger partial charge in [-0.3, -0.25) is 4.79 Å². The molecule has 0 N–H and O–H groups in total. The maximum atomic E-state index is 12.7. The van der Waals surface area contributed by atoms with Gasteiger partial charge in [-0.25, -0.2) is 0 Å². The maximum absolute atomic E-state index is 12.7. The minimum Gasteiger partial charge on any atom is -0.341 e. The molecule has 0 fully saturated rings. The van der Waals surface area contributed by atoms with E-state index in [9.17, 15) is 31.1 Å². The van der Waals surface area contributed by atoms with Gasteiger partial charge in [-0.1, -0.05) is 29.8 Å². The van der Waals surface area contributed by atoms with Gasteiger partial charge in [0.2, 0.25) is 0 Å². The summed E-state index contributed by atoms with van der Waals surface area (Å²) >= 11 is 1.59. The summed E-state index contributed by atoms with van der Waals surface area (Å²) in [6.07, 6.45) is -11.0. The van der Waals surface area contributed by atoms with E-state index in [1.165, 1.54) is 0 Å². The van der Waals surface area contributed by atoms with Gasteiger partial charge in [0, 0.05) is 13.1 Å². The topological polar surface area (TPSA) is 20.3 Å². The summed E-state index contributed by atoms with van der Waals surface area (Å²) in [5.41, 5.74) is 0. The Bertz CT molecular complexity index is 294. The Labute approximate surface area is 115 Å². The molecule has 2 nitrogen and oxygen atoms in total. The van der Waals surface area contributed by atoms with Crippen molar-refractivity contribution in [2.75, 3.05) is 13.1 Å². The molecule has 0 saturated carbocycles. The van der Waals surface area contributed by atoms with Crippen molar-refractivity contribution >= 4 is 21.8 Å². The van der Waals surface area contributed by atoms with Crippen molar-refractivity contribution in [2.24, 2.45) is 0 Å². The second-order valence-electron chi connectivity index (χ2n) is 3.95. The smallest absolute Gasteiger partial charge is 0.341 e. The molecule has 0 atom stereocenters. The molecule has 0 aromatic carbocycles. The molecule has 0 rings (SSSR count). The van der Waals surface area contributed by atoms with E-state index in [0.717, 1.165) is 0 Å². The van der Waals surface area contributed by atoms with E-state index in [4.69, 9.17) is 0 Å². The molecule has 9 heteroatoms. The minimum atomic E-state index is -5.76. The molecule has 1 amide bonds. The van der Waals surface area contributed by atoms with Crippen LogP contribution < -0.4 is 0 Å². The fraction of sp³-hybridized carbons (Fsp3) is 0.900. The van der Waals surface area contributed by atoms with Crippen molar-refractivity contribution in [3.8, 4) is 0 Å². The summed E-state index contributed by atoms with van der Waals surface area (Å²) in [5, 5.41) is 0. The zero-order chi connectivity index (χ0) is 15.5. The van der Waals surface area contributed by atoms with Crippen LogP contribution in [0, 0.1) is 0 Å². The second-order valence-corrected chi connectivity index (χ2v) is 5.14. The highest BCUT2D eigenvalue weighted by molar-refractivity contribution is 9.10. The zero-order valence-corrected chi connectivity index (χ0v) is 11.9. The molecule has 0 aromatic heterocycles. The molecule has 0 aliphatic carbocycles. The van der Waals surface area contributed by atoms with Crippen LogP contribution >= 0.6 is 15.9 Å². The van der Waals surface area contributed by atoms with Crippen LogP contribution in [0.4, 0.5) is 26.3 Å². The van der Waals surface area contributed by atoms with E-state index >= 15 is 0 Å². The molecular weight excluding hydrogens is 344 g/mol. The number of carbonyl (C=O) groups excluding carboxylic acids is 1. The van der Waals surface area contributed by atoms with E-state index in [1.807, 2.05) is 0 Å². The van der Waals surface area contributed by atoms with Gasteiger partial charge in [0.1, 0.15) is 0 Å². The standard InChI is InChI=1S/C10H14BrF6NO/c1-3-5-18(6-4-2)7(19)8(11,9(12,13)14)10(15,16)17/h3-6H2,1-2H3. The first-order chi connectivity index (χ1) is 8.43. The Morgan fingerprint density at radius 2 is 1.26 bits per heavy atom.